The molecule has 110 valence electrons. The van der Waals surface area contributed by atoms with Gasteiger partial charge in [-0.1, -0.05) is 36.4 Å². The SMILES string of the molecule is B(Oc1cccc2cccnc12)Oc1cccc2cccnc12. The topological polar surface area (TPSA) is 44.2 Å². The van der Waals surface area contributed by atoms with Crippen molar-refractivity contribution >= 4 is 29.5 Å². The molecule has 0 spiro atoms. The second-order valence-electron chi connectivity index (χ2n) is 5.07. The van der Waals surface area contributed by atoms with Gasteiger partial charge in [0.2, 0.25) is 0 Å². The summed E-state index contributed by atoms with van der Waals surface area (Å²) in [6.07, 6.45) is 3.51. The Morgan fingerprint density at radius 2 is 1.09 bits per heavy atom. The lowest BCUT2D eigenvalue weighted by Gasteiger charge is -2.10. The molecule has 2 aromatic heterocycles. The van der Waals surface area contributed by atoms with Gasteiger partial charge in [-0.15, -0.1) is 0 Å². The summed E-state index contributed by atoms with van der Waals surface area (Å²) in [5.41, 5.74) is 1.66. The van der Waals surface area contributed by atoms with E-state index in [0.717, 1.165) is 21.8 Å². The van der Waals surface area contributed by atoms with Crippen LogP contribution in [0.5, 0.6) is 11.5 Å². The minimum absolute atomic E-state index is 0.103. The van der Waals surface area contributed by atoms with Crippen LogP contribution in [0.25, 0.3) is 21.8 Å². The van der Waals surface area contributed by atoms with Gasteiger partial charge in [-0.3, -0.25) is 9.97 Å². The molecule has 0 fully saturated rings. The van der Waals surface area contributed by atoms with Gasteiger partial charge < -0.3 is 9.31 Å². The Labute approximate surface area is 134 Å². The van der Waals surface area contributed by atoms with Gasteiger partial charge in [0.1, 0.15) is 22.5 Å². The molecule has 0 aliphatic heterocycles. The van der Waals surface area contributed by atoms with Gasteiger partial charge in [-0.25, -0.2) is 0 Å². The maximum atomic E-state index is 5.76. The van der Waals surface area contributed by atoms with Crippen molar-refractivity contribution in [1.82, 2.24) is 9.97 Å². The highest BCUT2D eigenvalue weighted by Crippen LogP contribution is 2.25. The zero-order valence-electron chi connectivity index (χ0n) is 12.3. The number of fused-ring (bicyclic) bond motifs is 2. The van der Waals surface area contributed by atoms with Crippen LogP contribution in [0.4, 0.5) is 0 Å². The fourth-order valence-electron chi connectivity index (χ4n) is 2.54. The first-order valence-electron chi connectivity index (χ1n) is 7.35. The monoisotopic (exact) mass is 300 g/mol. The molecule has 0 amide bonds. The quantitative estimate of drug-likeness (QED) is 0.541. The fourth-order valence-corrected chi connectivity index (χ4v) is 2.54. The summed E-state index contributed by atoms with van der Waals surface area (Å²) in [5, 5.41) is 2.08. The van der Waals surface area contributed by atoms with Crippen molar-refractivity contribution in [2.24, 2.45) is 0 Å². The van der Waals surface area contributed by atoms with E-state index >= 15 is 0 Å². The molecule has 4 aromatic rings. The van der Waals surface area contributed by atoms with E-state index in [1.165, 1.54) is 0 Å². The highest BCUT2D eigenvalue weighted by atomic mass is 16.6. The van der Waals surface area contributed by atoms with Crippen LogP contribution in [0.3, 0.4) is 0 Å². The number of hydrogen-bond donors (Lipinski definition) is 0. The minimum atomic E-state index is 0.103. The molecule has 0 atom stereocenters. The van der Waals surface area contributed by atoms with Crippen LogP contribution < -0.4 is 9.31 Å². The number of rotatable bonds is 4. The van der Waals surface area contributed by atoms with Crippen LogP contribution in [0, 0.1) is 0 Å². The van der Waals surface area contributed by atoms with Crippen molar-refractivity contribution in [2.75, 3.05) is 0 Å². The van der Waals surface area contributed by atoms with E-state index in [1.807, 2.05) is 60.7 Å². The van der Waals surface area contributed by atoms with Gasteiger partial charge in [0, 0.05) is 23.2 Å². The Morgan fingerprint density at radius 3 is 1.61 bits per heavy atom. The Bertz CT molecular complexity index is 885. The van der Waals surface area contributed by atoms with Gasteiger partial charge in [0.15, 0.2) is 0 Å². The largest absolute Gasteiger partial charge is 0.576 e. The lowest BCUT2D eigenvalue weighted by atomic mass is 10.2. The maximum Gasteiger partial charge on any atom is 0.576 e. The van der Waals surface area contributed by atoms with Crippen molar-refractivity contribution in [2.45, 2.75) is 0 Å². The zero-order valence-corrected chi connectivity index (χ0v) is 12.3. The fraction of sp³-hybridized carbons (Fsp3) is 0. The molecule has 2 heterocycles. The molecule has 0 saturated carbocycles. The van der Waals surface area contributed by atoms with Crippen LogP contribution >= 0.6 is 0 Å². The number of hydrogen-bond acceptors (Lipinski definition) is 4. The highest BCUT2D eigenvalue weighted by Gasteiger charge is 2.07. The van der Waals surface area contributed by atoms with Crippen molar-refractivity contribution in [1.29, 1.82) is 0 Å². The number of pyridine rings is 2. The highest BCUT2D eigenvalue weighted by molar-refractivity contribution is 6.21. The van der Waals surface area contributed by atoms with Crippen molar-refractivity contribution < 1.29 is 9.31 Å². The van der Waals surface area contributed by atoms with E-state index < -0.39 is 0 Å². The molecular weight excluding hydrogens is 287 g/mol. The van der Waals surface area contributed by atoms with Gasteiger partial charge in [-0.2, -0.15) is 0 Å². The van der Waals surface area contributed by atoms with Gasteiger partial charge in [0.25, 0.3) is 0 Å². The summed E-state index contributed by atoms with van der Waals surface area (Å²) in [5.74, 6) is 1.41. The average Bonchev–Trinajstić information content (AvgIpc) is 2.62. The summed E-state index contributed by atoms with van der Waals surface area (Å²) in [6.45, 7) is 0. The normalized spacial score (nSPS) is 10.6. The first kappa shape index (κ1) is 13.6. The van der Waals surface area contributed by atoms with Crippen molar-refractivity contribution in [3.05, 3.63) is 73.1 Å². The van der Waals surface area contributed by atoms with E-state index in [0.29, 0.717) is 11.5 Å². The average molecular weight is 300 g/mol. The van der Waals surface area contributed by atoms with Crippen LogP contribution in [0.15, 0.2) is 73.1 Å². The summed E-state index contributed by atoms with van der Waals surface area (Å²) in [4.78, 5) is 8.73. The molecule has 4 nitrogen and oxygen atoms in total. The van der Waals surface area contributed by atoms with Crippen molar-refractivity contribution in [3.8, 4) is 11.5 Å². The summed E-state index contributed by atoms with van der Waals surface area (Å²) >= 11 is 0. The number of para-hydroxylation sites is 2. The van der Waals surface area contributed by atoms with Crippen LogP contribution in [0.2, 0.25) is 0 Å². The van der Waals surface area contributed by atoms with Crippen LogP contribution in [-0.4, -0.2) is 17.7 Å². The lowest BCUT2D eigenvalue weighted by molar-refractivity contribution is 0.463. The second-order valence-corrected chi connectivity index (χ2v) is 5.07. The molecular formula is C18H13BN2O2. The molecule has 23 heavy (non-hydrogen) atoms. The standard InChI is InChI=1S/C18H13BN2O2/c1-5-13-7-3-11-20-17(13)15(9-1)22-19-23-16-10-2-6-14-8-4-12-21-18(14)16/h1-12,19H. The molecule has 0 unspecified atom stereocenters. The van der Waals surface area contributed by atoms with Gasteiger partial charge in [-0.05, 0) is 24.3 Å². The summed E-state index contributed by atoms with van der Waals surface area (Å²) < 4.78 is 11.5. The van der Waals surface area contributed by atoms with E-state index in [9.17, 15) is 0 Å². The number of aromatic nitrogens is 2. The molecule has 5 heteroatoms. The Balaban J connectivity index is 1.55. The molecule has 0 radical (unpaired) electrons. The molecule has 0 N–H and O–H groups in total. The molecule has 0 aliphatic rings. The minimum Gasteiger partial charge on any atom is -0.527 e. The smallest absolute Gasteiger partial charge is 0.527 e. The number of benzene rings is 2. The third-order valence-corrected chi connectivity index (χ3v) is 3.62. The third-order valence-electron chi connectivity index (χ3n) is 3.62. The molecule has 2 aromatic carbocycles. The predicted octanol–water partition coefficient (Wildman–Crippen LogP) is 3.51. The van der Waals surface area contributed by atoms with Crippen LogP contribution in [0.1, 0.15) is 0 Å². The zero-order chi connectivity index (χ0) is 15.5. The molecule has 4 rings (SSSR count). The predicted molar refractivity (Wildman–Crippen MR) is 91.9 cm³/mol. The Kier molecular flexibility index (Phi) is 3.52. The first-order valence-corrected chi connectivity index (χ1v) is 7.35. The Hall–Kier alpha value is -3.08. The lowest BCUT2D eigenvalue weighted by Crippen LogP contribution is -2.11. The molecule has 0 saturated heterocycles. The van der Waals surface area contributed by atoms with Gasteiger partial charge in [0.05, 0.1) is 0 Å². The van der Waals surface area contributed by atoms with Gasteiger partial charge >= 0.3 is 7.69 Å². The molecule has 0 bridgehead atoms. The number of nitrogens with zero attached hydrogens (tertiary/aromatic N) is 2. The molecule has 0 aliphatic carbocycles. The summed E-state index contributed by atoms with van der Waals surface area (Å²) in [6, 6.07) is 19.5. The van der Waals surface area contributed by atoms with E-state index in [1.54, 1.807) is 12.4 Å². The first-order chi connectivity index (χ1) is 11.4. The third kappa shape index (κ3) is 2.69. The van der Waals surface area contributed by atoms with E-state index in [-0.39, 0.29) is 7.69 Å². The summed E-state index contributed by atoms with van der Waals surface area (Å²) in [7, 11) is 0.103. The van der Waals surface area contributed by atoms with E-state index in [4.69, 9.17) is 9.31 Å². The second kappa shape index (κ2) is 5.97. The van der Waals surface area contributed by atoms with Crippen molar-refractivity contribution in [3.63, 3.8) is 0 Å². The van der Waals surface area contributed by atoms with Crippen LogP contribution in [-0.2, 0) is 0 Å². The van der Waals surface area contributed by atoms with E-state index in [2.05, 4.69) is 9.97 Å². The maximum absolute atomic E-state index is 5.76. The Morgan fingerprint density at radius 1 is 0.609 bits per heavy atom.